The number of hydrogen-bond donors (Lipinski definition) is 1. The number of rotatable bonds is 4. The van der Waals surface area contributed by atoms with Crippen molar-refractivity contribution >= 4 is 23.2 Å². The fraction of sp³-hybridized carbons (Fsp3) is 0.300. The first-order valence-corrected chi connectivity index (χ1v) is 8.69. The predicted octanol–water partition coefficient (Wildman–Crippen LogP) is 3.06. The summed E-state index contributed by atoms with van der Waals surface area (Å²) in [4.78, 5) is 27.5. The number of anilines is 2. The number of hydrogen-bond acceptors (Lipinski definition) is 3. The number of amides is 2. The van der Waals surface area contributed by atoms with Gasteiger partial charge in [-0.05, 0) is 42.7 Å². The van der Waals surface area contributed by atoms with E-state index in [4.69, 9.17) is 0 Å². The Morgan fingerprint density at radius 2 is 1.96 bits per heavy atom. The average Bonchev–Trinajstić information content (AvgIpc) is 2.60. The second kappa shape index (κ2) is 7.73. The maximum Gasteiger partial charge on any atom is 0.253 e. The summed E-state index contributed by atoms with van der Waals surface area (Å²) < 4.78 is 27.6. The fourth-order valence-corrected chi connectivity index (χ4v) is 3.26. The van der Waals surface area contributed by atoms with Gasteiger partial charge >= 0.3 is 0 Å². The van der Waals surface area contributed by atoms with E-state index in [0.717, 1.165) is 12.5 Å². The molecule has 2 amide bonds. The van der Waals surface area contributed by atoms with Crippen LogP contribution in [0.25, 0.3) is 0 Å². The minimum Gasteiger partial charge on any atom is -0.360 e. The molecule has 0 bridgehead atoms. The molecule has 0 aromatic heterocycles. The van der Waals surface area contributed by atoms with E-state index in [-0.39, 0.29) is 24.0 Å². The van der Waals surface area contributed by atoms with Gasteiger partial charge in [0.15, 0.2) is 0 Å². The van der Waals surface area contributed by atoms with Crippen LogP contribution >= 0.6 is 0 Å². The first kappa shape index (κ1) is 18.8. The van der Waals surface area contributed by atoms with Crippen molar-refractivity contribution in [3.63, 3.8) is 0 Å². The Balaban J connectivity index is 1.73. The largest absolute Gasteiger partial charge is 0.360 e. The third-order valence-electron chi connectivity index (χ3n) is 4.43. The molecule has 2 aromatic rings. The van der Waals surface area contributed by atoms with E-state index < -0.39 is 11.6 Å². The molecule has 0 radical (unpaired) electrons. The van der Waals surface area contributed by atoms with Gasteiger partial charge in [-0.1, -0.05) is 6.07 Å². The Morgan fingerprint density at radius 1 is 1.19 bits per heavy atom. The number of benzene rings is 2. The third kappa shape index (κ3) is 4.24. The maximum atomic E-state index is 14.2. The van der Waals surface area contributed by atoms with Gasteiger partial charge < -0.3 is 15.1 Å². The predicted molar refractivity (Wildman–Crippen MR) is 100.0 cm³/mol. The molecule has 7 heteroatoms. The Kier molecular flexibility index (Phi) is 5.39. The quantitative estimate of drug-likeness (QED) is 0.896. The van der Waals surface area contributed by atoms with Crippen LogP contribution in [-0.2, 0) is 11.2 Å². The zero-order valence-electron chi connectivity index (χ0n) is 15.3. The van der Waals surface area contributed by atoms with E-state index in [0.29, 0.717) is 29.8 Å². The topological polar surface area (TPSA) is 52.7 Å². The second-order valence-corrected chi connectivity index (χ2v) is 6.75. The van der Waals surface area contributed by atoms with Crippen molar-refractivity contribution in [3.05, 3.63) is 59.2 Å². The van der Waals surface area contributed by atoms with E-state index in [1.165, 1.54) is 11.0 Å². The molecule has 0 fully saturated rings. The van der Waals surface area contributed by atoms with Crippen molar-refractivity contribution in [2.45, 2.75) is 12.8 Å². The van der Waals surface area contributed by atoms with Crippen LogP contribution in [-0.4, -0.2) is 43.9 Å². The standard InChI is InChI=1S/C20H21F2N3O2/c1-24(2)20(27)14-5-3-7-16(10-14)23-18(26)12-25-8-4-6-13-9-15(21)11-17(22)19(13)25/h3,5,7,9-11H,4,6,8,12H2,1-2H3,(H,23,26). The molecular weight excluding hydrogens is 352 g/mol. The first-order chi connectivity index (χ1) is 12.8. The summed E-state index contributed by atoms with van der Waals surface area (Å²) in [7, 11) is 3.30. The smallest absolute Gasteiger partial charge is 0.253 e. The van der Waals surface area contributed by atoms with Gasteiger partial charge in [-0.2, -0.15) is 0 Å². The van der Waals surface area contributed by atoms with Crippen LogP contribution in [0.3, 0.4) is 0 Å². The molecule has 2 aromatic carbocycles. The van der Waals surface area contributed by atoms with E-state index in [9.17, 15) is 18.4 Å². The summed E-state index contributed by atoms with van der Waals surface area (Å²) in [5.74, 6) is -1.77. The number of nitrogens with zero attached hydrogens (tertiary/aromatic N) is 2. The van der Waals surface area contributed by atoms with Crippen molar-refractivity contribution in [2.75, 3.05) is 37.4 Å². The van der Waals surface area contributed by atoms with Crippen LogP contribution in [0.15, 0.2) is 36.4 Å². The molecular formula is C20H21F2N3O2. The first-order valence-electron chi connectivity index (χ1n) is 8.69. The summed E-state index contributed by atoms with van der Waals surface area (Å²) in [6.45, 7) is 0.462. The van der Waals surface area contributed by atoms with Gasteiger partial charge in [0, 0.05) is 38.0 Å². The molecule has 1 N–H and O–H groups in total. The summed E-state index contributed by atoms with van der Waals surface area (Å²) >= 11 is 0. The van der Waals surface area contributed by atoms with Gasteiger partial charge in [-0.3, -0.25) is 9.59 Å². The Bertz CT molecular complexity index is 884. The molecule has 5 nitrogen and oxygen atoms in total. The molecule has 0 saturated carbocycles. The molecule has 27 heavy (non-hydrogen) atoms. The molecule has 1 heterocycles. The Labute approximate surface area is 156 Å². The minimum absolute atomic E-state index is 0.0542. The molecule has 0 aliphatic carbocycles. The zero-order valence-corrected chi connectivity index (χ0v) is 15.3. The fourth-order valence-electron chi connectivity index (χ4n) is 3.26. The normalized spacial score (nSPS) is 13.1. The van der Waals surface area contributed by atoms with E-state index >= 15 is 0 Å². The van der Waals surface area contributed by atoms with Crippen LogP contribution in [0, 0.1) is 11.6 Å². The molecule has 3 rings (SSSR count). The minimum atomic E-state index is -0.656. The number of carbonyl (C=O) groups excluding carboxylic acids is 2. The average molecular weight is 373 g/mol. The van der Waals surface area contributed by atoms with Crippen LogP contribution in [0.4, 0.5) is 20.2 Å². The number of aryl methyl sites for hydroxylation is 1. The van der Waals surface area contributed by atoms with Gasteiger partial charge in [0.05, 0.1) is 12.2 Å². The molecule has 0 saturated heterocycles. The van der Waals surface area contributed by atoms with Gasteiger partial charge in [0.2, 0.25) is 5.91 Å². The zero-order chi connectivity index (χ0) is 19.6. The molecule has 0 unspecified atom stereocenters. The lowest BCUT2D eigenvalue weighted by molar-refractivity contribution is -0.115. The van der Waals surface area contributed by atoms with Gasteiger partial charge in [0.1, 0.15) is 11.6 Å². The SMILES string of the molecule is CN(C)C(=O)c1cccc(NC(=O)CN2CCCc3cc(F)cc(F)c32)c1. The highest BCUT2D eigenvalue weighted by Crippen LogP contribution is 2.30. The highest BCUT2D eigenvalue weighted by Gasteiger charge is 2.23. The molecule has 1 aliphatic rings. The molecule has 1 aliphatic heterocycles. The highest BCUT2D eigenvalue weighted by atomic mass is 19.1. The van der Waals surface area contributed by atoms with Crippen molar-refractivity contribution in [1.82, 2.24) is 4.90 Å². The van der Waals surface area contributed by atoms with Crippen molar-refractivity contribution in [2.24, 2.45) is 0 Å². The highest BCUT2D eigenvalue weighted by molar-refractivity contribution is 5.98. The summed E-state index contributed by atoms with van der Waals surface area (Å²) in [5.41, 5.74) is 1.81. The van der Waals surface area contributed by atoms with E-state index in [2.05, 4.69) is 5.32 Å². The Morgan fingerprint density at radius 3 is 2.70 bits per heavy atom. The van der Waals surface area contributed by atoms with Crippen LogP contribution < -0.4 is 10.2 Å². The number of carbonyl (C=O) groups is 2. The van der Waals surface area contributed by atoms with Crippen molar-refractivity contribution < 1.29 is 18.4 Å². The van der Waals surface area contributed by atoms with Gasteiger partial charge in [-0.25, -0.2) is 8.78 Å². The molecule has 0 spiro atoms. The summed E-state index contributed by atoms with van der Waals surface area (Å²) in [6, 6.07) is 8.79. The lowest BCUT2D eigenvalue weighted by atomic mass is 10.0. The number of halogens is 2. The summed E-state index contributed by atoms with van der Waals surface area (Å²) in [5, 5.41) is 2.74. The lowest BCUT2D eigenvalue weighted by Crippen LogP contribution is -2.37. The van der Waals surface area contributed by atoms with E-state index in [1.54, 1.807) is 43.3 Å². The van der Waals surface area contributed by atoms with Crippen LogP contribution in [0.5, 0.6) is 0 Å². The van der Waals surface area contributed by atoms with Crippen molar-refractivity contribution in [3.8, 4) is 0 Å². The monoisotopic (exact) mass is 373 g/mol. The number of nitrogens with one attached hydrogen (secondary N) is 1. The maximum absolute atomic E-state index is 14.2. The van der Waals surface area contributed by atoms with Crippen molar-refractivity contribution in [1.29, 1.82) is 0 Å². The van der Waals surface area contributed by atoms with Crippen LogP contribution in [0.2, 0.25) is 0 Å². The summed E-state index contributed by atoms with van der Waals surface area (Å²) in [6.07, 6.45) is 1.30. The molecule has 142 valence electrons. The lowest BCUT2D eigenvalue weighted by Gasteiger charge is -2.31. The van der Waals surface area contributed by atoms with Gasteiger partial charge in [-0.15, -0.1) is 0 Å². The van der Waals surface area contributed by atoms with Crippen LogP contribution in [0.1, 0.15) is 22.3 Å². The molecule has 0 atom stereocenters. The Hall–Kier alpha value is -2.96. The van der Waals surface area contributed by atoms with E-state index in [1.807, 2.05) is 0 Å². The third-order valence-corrected chi connectivity index (χ3v) is 4.43. The second-order valence-electron chi connectivity index (χ2n) is 6.75. The number of fused-ring (bicyclic) bond motifs is 1. The van der Waals surface area contributed by atoms with Gasteiger partial charge in [0.25, 0.3) is 5.91 Å².